The summed E-state index contributed by atoms with van der Waals surface area (Å²) in [6.45, 7) is 0. The molecule has 16 heavy (non-hydrogen) atoms. The van der Waals surface area contributed by atoms with E-state index in [0.717, 1.165) is 27.7 Å². The molecule has 0 saturated heterocycles. The van der Waals surface area contributed by atoms with Gasteiger partial charge in [0, 0.05) is 0 Å². The minimum absolute atomic E-state index is 0.321. The summed E-state index contributed by atoms with van der Waals surface area (Å²) < 4.78 is 6.12. The summed E-state index contributed by atoms with van der Waals surface area (Å²) in [5, 5.41) is 9.22. The monoisotopic (exact) mass is 332 g/mol. The van der Waals surface area contributed by atoms with Crippen molar-refractivity contribution < 1.29 is 14.6 Å². The highest BCUT2D eigenvalue weighted by molar-refractivity contribution is 14.1. The average Bonchev–Trinajstić information content (AvgIpc) is 3.02. The van der Waals surface area contributed by atoms with Gasteiger partial charge in [-0.15, -0.1) is 0 Å². The van der Waals surface area contributed by atoms with Crippen molar-refractivity contribution in [1.29, 1.82) is 0 Å². The summed E-state index contributed by atoms with van der Waals surface area (Å²) in [4.78, 5) is 11.2. The lowest BCUT2D eigenvalue weighted by atomic mass is 9.94. The van der Waals surface area contributed by atoms with E-state index >= 15 is 0 Å². The lowest BCUT2D eigenvalue weighted by molar-refractivity contribution is -0.139. The third kappa shape index (κ3) is 2.31. The molecule has 1 N–H and O–H groups in total. The van der Waals surface area contributed by atoms with Crippen molar-refractivity contribution in [1.82, 2.24) is 0 Å². The first kappa shape index (κ1) is 11.7. The molecule has 0 heterocycles. The zero-order valence-corrected chi connectivity index (χ0v) is 11.1. The number of ether oxygens (including phenoxy) is 1. The Bertz CT molecular complexity index is 413. The Hall–Kier alpha value is -0.780. The zero-order valence-electron chi connectivity index (χ0n) is 8.94. The molecular weight excluding hydrogens is 319 g/mol. The van der Waals surface area contributed by atoms with Crippen LogP contribution in [0.4, 0.5) is 0 Å². The van der Waals surface area contributed by atoms with Gasteiger partial charge in [-0.05, 0) is 59.0 Å². The van der Waals surface area contributed by atoms with Gasteiger partial charge in [0.2, 0.25) is 0 Å². The Kier molecular flexibility index (Phi) is 3.37. The first-order valence-electron chi connectivity index (χ1n) is 5.19. The van der Waals surface area contributed by atoms with Gasteiger partial charge < -0.3 is 9.84 Å². The summed E-state index contributed by atoms with van der Waals surface area (Å²) in [6, 6.07) is 5.62. The van der Waals surface area contributed by atoms with E-state index in [1.165, 1.54) is 0 Å². The fourth-order valence-corrected chi connectivity index (χ4v) is 2.68. The average molecular weight is 332 g/mol. The number of halogens is 1. The third-order valence-electron chi connectivity index (χ3n) is 2.89. The number of carboxylic acids is 1. The molecular formula is C12H13IO3. The van der Waals surface area contributed by atoms with Gasteiger partial charge in [0.15, 0.2) is 0 Å². The van der Waals surface area contributed by atoms with E-state index in [9.17, 15) is 9.90 Å². The van der Waals surface area contributed by atoms with Crippen molar-refractivity contribution in [2.45, 2.75) is 18.8 Å². The zero-order chi connectivity index (χ0) is 11.7. The molecule has 1 unspecified atom stereocenters. The van der Waals surface area contributed by atoms with Crippen LogP contribution in [0.1, 0.15) is 24.3 Å². The third-order valence-corrected chi connectivity index (χ3v) is 3.74. The van der Waals surface area contributed by atoms with Gasteiger partial charge in [0.25, 0.3) is 0 Å². The molecule has 1 atom stereocenters. The van der Waals surface area contributed by atoms with Crippen LogP contribution in [0.15, 0.2) is 18.2 Å². The van der Waals surface area contributed by atoms with Gasteiger partial charge in [-0.2, -0.15) is 0 Å². The Morgan fingerprint density at radius 3 is 2.69 bits per heavy atom. The molecule has 0 amide bonds. The van der Waals surface area contributed by atoms with E-state index in [2.05, 4.69) is 22.6 Å². The molecule has 86 valence electrons. The maximum absolute atomic E-state index is 11.2. The molecule has 1 aliphatic carbocycles. The molecule has 4 heteroatoms. The Morgan fingerprint density at radius 2 is 2.25 bits per heavy atom. The number of aliphatic carboxylic acids is 1. The SMILES string of the molecule is COc1ccc(C(C(=O)O)C2CC2)cc1I. The van der Waals surface area contributed by atoms with Gasteiger partial charge in [0.05, 0.1) is 16.6 Å². The highest BCUT2D eigenvalue weighted by atomic mass is 127. The van der Waals surface area contributed by atoms with Crippen LogP contribution in [0, 0.1) is 9.49 Å². The molecule has 0 spiro atoms. The van der Waals surface area contributed by atoms with Crippen LogP contribution in [-0.2, 0) is 4.79 Å². The van der Waals surface area contributed by atoms with Gasteiger partial charge in [-0.25, -0.2) is 0 Å². The van der Waals surface area contributed by atoms with Crippen molar-refractivity contribution in [2.24, 2.45) is 5.92 Å². The quantitative estimate of drug-likeness (QED) is 0.863. The van der Waals surface area contributed by atoms with Crippen molar-refractivity contribution >= 4 is 28.6 Å². The number of carbonyl (C=O) groups is 1. The molecule has 0 aromatic heterocycles. The van der Waals surface area contributed by atoms with Crippen LogP contribution in [0.2, 0.25) is 0 Å². The predicted molar refractivity (Wildman–Crippen MR) is 68.8 cm³/mol. The number of rotatable bonds is 4. The number of carboxylic acid groups (broad SMARTS) is 1. The second kappa shape index (κ2) is 4.61. The van der Waals surface area contributed by atoms with E-state index < -0.39 is 5.97 Å². The summed E-state index contributed by atoms with van der Waals surface area (Å²) in [6.07, 6.45) is 2.05. The molecule has 0 bridgehead atoms. The summed E-state index contributed by atoms with van der Waals surface area (Å²) in [5.74, 6) is 0.0499. The van der Waals surface area contributed by atoms with Crippen molar-refractivity contribution in [3.05, 3.63) is 27.3 Å². The number of methoxy groups -OCH3 is 1. The van der Waals surface area contributed by atoms with Gasteiger partial charge in [0.1, 0.15) is 5.75 Å². The summed E-state index contributed by atoms with van der Waals surface area (Å²) >= 11 is 2.17. The van der Waals surface area contributed by atoms with Crippen molar-refractivity contribution in [3.8, 4) is 5.75 Å². The van der Waals surface area contributed by atoms with Crippen molar-refractivity contribution in [3.63, 3.8) is 0 Å². The smallest absolute Gasteiger partial charge is 0.311 e. The molecule has 1 aromatic rings. The van der Waals surface area contributed by atoms with Gasteiger partial charge >= 0.3 is 5.97 Å². The van der Waals surface area contributed by atoms with E-state index in [1.54, 1.807) is 7.11 Å². The lowest BCUT2D eigenvalue weighted by Gasteiger charge is -2.13. The van der Waals surface area contributed by atoms with Crippen LogP contribution in [0.3, 0.4) is 0 Å². The molecule has 1 saturated carbocycles. The van der Waals surface area contributed by atoms with E-state index in [0.29, 0.717) is 5.92 Å². The van der Waals surface area contributed by atoms with Gasteiger partial charge in [-0.1, -0.05) is 6.07 Å². The van der Waals surface area contributed by atoms with E-state index in [-0.39, 0.29) is 5.92 Å². The van der Waals surface area contributed by atoms with Crippen LogP contribution in [0.25, 0.3) is 0 Å². The topological polar surface area (TPSA) is 46.5 Å². The second-order valence-corrected chi connectivity index (χ2v) is 5.21. The Morgan fingerprint density at radius 1 is 1.56 bits per heavy atom. The van der Waals surface area contributed by atoms with E-state index in [1.807, 2.05) is 18.2 Å². The first-order chi connectivity index (χ1) is 7.63. The van der Waals surface area contributed by atoms with Crippen LogP contribution < -0.4 is 4.74 Å². The summed E-state index contributed by atoms with van der Waals surface area (Å²) in [5.41, 5.74) is 0.889. The fourth-order valence-electron chi connectivity index (χ4n) is 1.92. The van der Waals surface area contributed by atoms with E-state index in [4.69, 9.17) is 4.74 Å². The number of benzene rings is 1. The highest BCUT2D eigenvalue weighted by Crippen LogP contribution is 2.43. The highest BCUT2D eigenvalue weighted by Gasteiger charge is 2.37. The Labute approximate surface area is 108 Å². The minimum atomic E-state index is -0.719. The first-order valence-corrected chi connectivity index (χ1v) is 6.27. The molecule has 0 aliphatic heterocycles. The molecule has 1 fully saturated rings. The molecule has 1 aliphatic rings. The number of hydrogen-bond acceptors (Lipinski definition) is 2. The maximum Gasteiger partial charge on any atom is 0.311 e. The Balaban J connectivity index is 2.31. The number of hydrogen-bond donors (Lipinski definition) is 1. The second-order valence-electron chi connectivity index (χ2n) is 4.05. The molecule has 2 rings (SSSR count). The van der Waals surface area contributed by atoms with Crippen molar-refractivity contribution in [2.75, 3.05) is 7.11 Å². The largest absolute Gasteiger partial charge is 0.496 e. The molecule has 0 radical (unpaired) electrons. The van der Waals surface area contributed by atoms with Crippen LogP contribution >= 0.6 is 22.6 Å². The molecule has 1 aromatic carbocycles. The minimum Gasteiger partial charge on any atom is -0.496 e. The maximum atomic E-state index is 11.2. The predicted octanol–water partition coefficient (Wildman–Crippen LogP) is 2.88. The fraction of sp³-hybridized carbons (Fsp3) is 0.417. The molecule has 3 nitrogen and oxygen atoms in total. The standard InChI is InChI=1S/C12H13IO3/c1-16-10-5-4-8(6-9(10)13)11(12(14)15)7-2-3-7/h4-7,11H,2-3H2,1H3,(H,14,15). The van der Waals surface area contributed by atoms with Crippen LogP contribution in [-0.4, -0.2) is 18.2 Å². The normalized spacial score (nSPS) is 16.9. The summed E-state index contributed by atoms with van der Waals surface area (Å²) in [7, 11) is 1.62. The van der Waals surface area contributed by atoms with Crippen LogP contribution in [0.5, 0.6) is 5.75 Å². The lowest BCUT2D eigenvalue weighted by Crippen LogP contribution is -2.13. The van der Waals surface area contributed by atoms with Gasteiger partial charge in [-0.3, -0.25) is 4.79 Å².